The van der Waals surface area contributed by atoms with E-state index < -0.39 is 0 Å². The summed E-state index contributed by atoms with van der Waals surface area (Å²) in [5.41, 5.74) is 5.78. The molecule has 9 heavy (non-hydrogen) atoms. The van der Waals surface area contributed by atoms with Gasteiger partial charge in [0.05, 0.1) is 0 Å². The molecule has 0 amide bonds. The minimum atomic E-state index is 0. The molecule has 56 valence electrons. The van der Waals surface area contributed by atoms with Crippen LogP contribution in [0.2, 0.25) is 0 Å². The van der Waals surface area contributed by atoms with Crippen molar-refractivity contribution in [3.8, 4) is 0 Å². The van der Waals surface area contributed by atoms with Crippen LogP contribution in [-0.4, -0.2) is 6.04 Å². The number of hydrogen-bond acceptors (Lipinski definition) is 1. The second-order valence-electron chi connectivity index (χ2n) is 2.93. The highest BCUT2D eigenvalue weighted by molar-refractivity contribution is 4.73. The average Bonchev–Trinajstić information content (AvgIpc) is 1.77. The molecule has 1 aliphatic carbocycles. The van der Waals surface area contributed by atoms with E-state index >= 15 is 0 Å². The lowest BCUT2D eigenvalue weighted by Crippen LogP contribution is -2.30. The Kier molecular flexibility index (Phi) is 3.87. The van der Waals surface area contributed by atoms with Crippen molar-refractivity contribution in [3.05, 3.63) is 0 Å². The van der Waals surface area contributed by atoms with E-state index in [-0.39, 0.29) is 7.43 Å². The predicted molar refractivity (Wildman–Crippen MR) is 42.3 cm³/mol. The first kappa shape index (κ1) is 8.96. The molecule has 0 heterocycles. The fourth-order valence-electron chi connectivity index (χ4n) is 1.34. The van der Waals surface area contributed by atoms with E-state index in [1.165, 1.54) is 25.7 Å². The van der Waals surface area contributed by atoms with Crippen molar-refractivity contribution in [1.29, 1.82) is 0 Å². The fraction of sp³-hybridized carbons (Fsp3) is 1.00. The molecule has 0 aliphatic heterocycles. The molecule has 1 heteroatoms. The Morgan fingerprint density at radius 3 is 2.11 bits per heavy atom. The molecule has 0 radical (unpaired) electrons. The van der Waals surface area contributed by atoms with Gasteiger partial charge in [-0.25, -0.2) is 0 Å². The average molecular weight is 129 g/mol. The van der Waals surface area contributed by atoms with Crippen molar-refractivity contribution in [2.75, 3.05) is 0 Å². The van der Waals surface area contributed by atoms with E-state index in [4.69, 9.17) is 5.73 Å². The Bertz CT molecular complexity index is 61.0. The van der Waals surface area contributed by atoms with Gasteiger partial charge in [0, 0.05) is 6.04 Å². The summed E-state index contributed by atoms with van der Waals surface area (Å²) >= 11 is 0. The van der Waals surface area contributed by atoms with Crippen LogP contribution in [0.5, 0.6) is 0 Å². The molecule has 2 N–H and O–H groups in total. The second kappa shape index (κ2) is 3.89. The lowest BCUT2D eigenvalue weighted by Gasteiger charge is -2.24. The van der Waals surface area contributed by atoms with Gasteiger partial charge in [-0.2, -0.15) is 0 Å². The summed E-state index contributed by atoms with van der Waals surface area (Å²) < 4.78 is 0. The maximum absolute atomic E-state index is 5.78. The summed E-state index contributed by atoms with van der Waals surface area (Å²) in [6, 6.07) is 0.503. The van der Waals surface area contributed by atoms with Gasteiger partial charge < -0.3 is 5.73 Å². The fourth-order valence-corrected chi connectivity index (χ4v) is 1.34. The molecule has 1 fully saturated rings. The first-order chi connectivity index (χ1) is 3.80. The highest BCUT2D eigenvalue weighted by Crippen LogP contribution is 2.21. The number of nitrogens with two attached hydrogens (primary N) is 1. The lowest BCUT2D eigenvalue weighted by atomic mass is 9.87. The molecule has 0 aromatic carbocycles. The van der Waals surface area contributed by atoms with Crippen LogP contribution in [0, 0.1) is 5.92 Å². The van der Waals surface area contributed by atoms with E-state index in [1.54, 1.807) is 0 Å². The quantitative estimate of drug-likeness (QED) is 0.533. The topological polar surface area (TPSA) is 26.0 Å². The first-order valence-corrected chi connectivity index (χ1v) is 3.56. The third-order valence-electron chi connectivity index (χ3n) is 2.18. The highest BCUT2D eigenvalue weighted by atomic mass is 14.6. The van der Waals surface area contributed by atoms with Gasteiger partial charge in [-0.3, -0.25) is 0 Å². The largest absolute Gasteiger partial charge is 0.327 e. The Morgan fingerprint density at radius 2 is 1.78 bits per heavy atom. The maximum Gasteiger partial charge on any atom is 0.00645 e. The second-order valence-corrected chi connectivity index (χ2v) is 2.93. The van der Waals surface area contributed by atoms with Gasteiger partial charge in [0.25, 0.3) is 0 Å². The van der Waals surface area contributed by atoms with Gasteiger partial charge in [-0.15, -0.1) is 0 Å². The summed E-state index contributed by atoms with van der Waals surface area (Å²) in [5, 5.41) is 0. The molecule has 1 rings (SSSR count). The summed E-state index contributed by atoms with van der Waals surface area (Å²) in [5.74, 6) is 0.781. The normalized spacial score (nSPS) is 35.3. The molecular weight excluding hydrogens is 110 g/mol. The number of rotatable bonds is 0. The molecule has 2 atom stereocenters. The van der Waals surface area contributed by atoms with Crippen LogP contribution < -0.4 is 5.73 Å². The van der Waals surface area contributed by atoms with E-state index in [0.29, 0.717) is 6.04 Å². The smallest absolute Gasteiger partial charge is 0.00645 e. The SMILES string of the molecule is C.CC1CCCCC1N. The van der Waals surface area contributed by atoms with Crippen LogP contribution in [0.15, 0.2) is 0 Å². The van der Waals surface area contributed by atoms with Gasteiger partial charge >= 0.3 is 0 Å². The Morgan fingerprint density at radius 1 is 1.22 bits per heavy atom. The molecule has 0 saturated heterocycles. The van der Waals surface area contributed by atoms with Gasteiger partial charge in [0.15, 0.2) is 0 Å². The molecule has 2 unspecified atom stereocenters. The minimum Gasteiger partial charge on any atom is -0.327 e. The van der Waals surface area contributed by atoms with Crippen molar-refractivity contribution in [2.24, 2.45) is 11.7 Å². The maximum atomic E-state index is 5.78. The summed E-state index contributed by atoms with van der Waals surface area (Å²) in [4.78, 5) is 0. The molecule has 0 aromatic rings. The zero-order valence-electron chi connectivity index (χ0n) is 5.56. The van der Waals surface area contributed by atoms with Gasteiger partial charge in [0.1, 0.15) is 0 Å². The van der Waals surface area contributed by atoms with Crippen LogP contribution >= 0.6 is 0 Å². The van der Waals surface area contributed by atoms with Crippen molar-refractivity contribution in [1.82, 2.24) is 0 Å². The molecule has 1 aliphatic rings. The van der Waals surface area contributed by atoms with Crippen molar-refractivity contribution in [2.45, 2.75) is 46.1 Å². The van der Waals surface area contributed by atoms with Crippen LogP contribution in [0.1, 0.15) is 40.0 Å². The summed E-state index contributed by atoms with van der Waals surface area (Å²) in [6.07, 6.45) is 5.35. The summed E-state index contributed by atoms with van der Waals surface area (Å²) in [7, 11) is 0. The third-order valence-corrected chi connectivity index (χ3v) is 2.18. The van der Waals surface area contributed by atoms with Crippen LogP contribution in [0.4, 0.5) is 0 Å². The van der Waals surface area contributed by atoms with Crippen molar-refractivity contribution < 1.29 is 0 Å². The Hall–Kier alpha value is -0.0400. The predicted octanol–water partition coefficient (Wildman–Crippen LogP) is 2.16. The van der Waals surface area contributed by atoms with E-state index in [2.05, 4.69) is 6.92 Å². The molecule has 1 saturated carbocycles. The van der Waals surface area contributed by atoms with Gasteiger partial charge in [-0.1, -0.05) is 27.2 Å². The number of hydrogen-bond donors (Lipinski definition) is 1. The first-order valence-electron chi connectivity index (χ1n) is 3.56. The standard InChI is InChI=1S/C7H15N.CH4/c1-6-4-2-3-5-7(6)8;/h6-7H,2-5,8H2,1H3;1H4. The zero-order valence-corrected chi connectivity index (χ0v) is 5.56. The highest BCUT2D eigenvalue weighted by Gasteiger charge is 2.15. The van der Waals surface area contributed by atoms with Crippen molar-refractivity contribution in [3.63, 3.8) is 0 Å². The van der Waals surface area contributed by atoms with Crippen molar-refractivity contribution >= 4 is 0 Å². The third kappa shape index (κ3) is 2.35. The Labute approximate surface area is 58.6 Å². The summed E-state index contributed by atoms with van der Waals surface area (Å²) in [6.45, 7) is 2.25. The molecular formula is C8H19N. The molecule has 0 aromatic heterocycles. The van der Waals surface area contributed by atoms with Crippen LogP contribution in [-0.2, 0) is 0 Å². The van der Waals surface area contributed by atoms with Crippen LogP contribution in [0.25, 0.3) is 0 Å². The lowest BCUT2D eigenvalue weighted by molar-refractivity contribution is 0.331. The minimum absolute atomic E-state index is 0. The van der Waals surface area contributed by atoms with E-state index in [1.807, 2.05) is 0 Å². The molecule has 0 bridgehead atoms. The van der Waals surface area contributed by atoms with Gasteiger partial charge in [-0.05, 0) is 18.8 Å². The van der Waals surface area contributed by atoms with Crippen LogP contribution in [0.3, 0.4) is 0 Å². The molecule has 0 spiro atoms. The monoisotopic (exact) mass is 129 g/mol. The molecule has 1 nitrogen and oxygen atoms in total. The van der Waals surface area contributed by atoms with Gasteiger partial charge in [0.2, 0.25) is 0 Å². The zero-order chi connectivity index (χ0) is 5.98. The van der Waals surface area contributed by atoms with E-state index in [9.17, 15) is 0 Å². The Balaban J connectivity index is 0.000000640. The van der Waals surface area contributed by atoms with E-state index in [0.717, 1.165) is 5.92 Å².